The Kier molecular flexibility index (Phi) is 4.81. The lowest BCUT2D eigenvalue weighted by Crippen LogP contribution is -2.46. The first-order valence-electron chi connectivity index (χ1n) is 8.20. The van der Waals surface area contributed by atoms with Crippen molar-refractivity contribution in [2.24, 2.45) is 5.92 Å². The summed E-state index contributed by atoms with van der Waals surface area (Å²) in [6, 6.07) is 9.69. The fourth-order valence-electron chi connectivity index (χ4n) is 3.16. The van der Waals surface area contributed by atoms with Crippen LogP contribution in [0.15, 0.2) is 42.7 Å². The second-order valence-electron chi connectivity index (χ2n) is 6.49. The molecule has 5 heteroatoms. The van der Waals surface area contributed by atoms with Crippen molar-refractivity contribution in [3.63, 3.8) is 0 Å². The minimum atomic E-state index is -0.405. The average molecular weight is 326 g/mol. The van der Waals surface area contributed by atoms with Gasteiger partial charge < -0.3 is 15.1 Å². The summed E-state index contributed by atoms with van der Waals surface area (Å²) < 4.78 is 0. The van der Waals surface area contributed by atoms with E-state index in [-0.39, 0.29) is 17.6 Å². The summed E-state index contributed by atoms with van der Waals surface area (Å²) in [5, 5.41) is 19.8. The summed E-state index contributed by atoms with van der Waals surface area (Å²) in [4.78, 5) is 18.2. The summed E-state index contributed by atoms with van der Waals surface area (Å²) in [6.07, 6.45) is 3.66. The normalized spacial score (nSPS) is 20.8. The number of aryl methyl sites for hydroxylation is 1. The number of carbonyl (C=O) groups is 1. The Bertz CT molecular complexity index is 715. The first-order valence-corrected chi connectivity index (χ1v) is 8.20. The molecule has 3 rings (SSSR count). The molecule has 0 aliphatic carbocycles. The van der Waals surface area contributed by atoms with Crippen molar-refractivity contribution < 1.29 is 15.0 Å². The Hall–Kier alpha value is -2.40. The fraction of sp³-hybridized carbons (Fsp3) is 0.368. The van der Waals surface area contributed by atoms with E-state index in [0.29, 0.717) is 25.1 Å². The van der Waals surface area contributed by atoms with Crippen molar-refractivity contribution in [1.29, 1.82) is 0 Å². The van der Waals surface area contributed by atoms with Gasteiger partial charge in [-0.15, -0.1) is 0 Å². The van der Waals surface area contributed by atoms with Gasteiger partial charge in [-0.05, 0) is 31.4 Å². The molecular formula is C19H22N2O3. The van der Waals surface area contributed by atoms with Crippen molar-refractivity contribution in [3.05, 3.63) is 59.4 Å². The van der Waals surface area contributed by atoms with Crippen LogP contribution >= 0.6 is 0 Å². The van der Waals surface area contributed by atoms with Crippen molar-refractivity contribution in [1.82, 2.24) is 9.88 Å². The number of piperidine rings is 1. The zero-order valence-corrected chi connectivity index (χ0v) is 13.7. The van der Waals surface area contributed by atoms with E-state index >= 15 is 0 Å². The Morgan fingerprint density at radius 3 is 2.75 bits per heavy atom. The number of likely N-dealkylation sites (tertiary alicyclic amines) is 1. The average Bonchev–Trinajstić information content (AvgIpc) is 2.58. The van der Waals surface area contributed by atoms with Gasteiger partial charge in [-0.2, -0.15) is 0 Å². The number of carbonyl (C=O) groups excluding carboxylic acids is 1. The number of aromatic nitrogens is 1. The quantitative estimate of drug-likeness (QED) is 0.906. The highest BCUT2D eigenvalue weighted by Crippen LogP contribution is 2.23. The third-order valence-electron chi connectivity index (χ3n) is 4.57. The minimum absolute atomic E-state index is 0.00988. The number of hydrogen-bond acceptors (Lipinski definition) is 4. The number of hydrogen-bond donors (Lipinski definition) is 2. The van der Waals surface area contributed by atoms with Crippen molar-refractivity contribution >= 4 is 5.91 Å². The molecule has 1 saturated heterocycles. The van der Waals surface area contributed by atoms with Crippen LogP contribution in [0.25, 0.3) is 0 Å². The van der Waals surface area contributed by atoms with Crippen LogP contribution in [0.5, 0.6) is 5.75 Å². The number of benzene rings is 1. The van der Waals surface area contributed by atoms with Crippen molar-refractivity contribution in [3.8, 4) is 5.75 Å². The third kappa shape index (κ3) is 3.74. The minimum Gasteiger partial charge on any atom is -0.506 e. The first-order chi connectivity index (χ1) is 11.5. The maximum Gasteiger partial charge on any atom is 0.255 e. The molecule has 1 aromatic heterocycles. The van der Waals surface area contributed by atoms with Crippen LogP contribution in [0.1, 0.15) is 27.9 Å². The molecule has 0 bridgehead atoms. The molecule has 1 aromatic carbocycles. The van der Waals surface area contributed by atoms with Gasteiger partial charge in [0.1, 0.15) is 5.75 Å². The summed E-state index contributed by atoms with van der Waals surface area (Å²) in [6.45, 7) is 3.06. The largest absolute Gasteiger partial charge is 0.506 e. The monoisotopic (exact) mass is 326 g/mol. The summed E-state index contributed by atoms with van der Waals surface area (Å²) in [5.74, 6) is -0.163. The predicted molar refractivity (Wildman–Crippen MR) is 90.8 cm³/mol. The summed E-state index contributed by atoms with van der Waals surface area (Å²) in [7, 11) is 0. The molecule has 0 unspecified atom stereocenters. The molecule has 2 N–H and O–H groups in total. The predicted octanol–water partition coefficient (Wildman–Crippen LogP) is 2.16. The Labute approximate surface area is 141 Å². The second-order valence-corrected chi connectivity index (χ2v) is 6.49. The van der Waals surface area contributed by atoms with Crippen molar-refractivity contribution in [2.75, 3.05) is 13.1 Å². The fourth-order valence-corrected chi connectivity index (χ4v) is 3.16. The van der Waals surface area contributed by atoms with Crippen LogP contribution in [0.3, 0.4) is 0 Å². The number of rotatable bonds is 3. The van der Waals surface area contributed by atoms with E-state index in [4.69, 9.17) is 0 Å². The van der Waals surface area contributed by atoms with Gasteiger partial charge >= 0.3 is 0 Å². The van der Waals surface area contributed by atoms with Gasteiger partial charge in [-0.25, -0.2) is 0 Å². The molecule has 1 amide bonds. The molecule has 2 aromatic rings. The van der Waals surface area contributed by atoms with Crippen LogP contribution in [0, 0.1) is 12.8 Å². The van der Waals surface area contributed by atoms with E-state index in [1.807, 2.05) is 6.92 Å². The number of aliphatic hydroxyl groups excluding tert-OH is 1. The molecule has 0 spiro atoms. The van der Waals surface area contributed by atoms with Crippen LogP contribution in [-0.2, 0) is 6.42 Å². The van der Waals surface area contributed by atoms with E-state index in [9.17, 15) is 15.0 Å². The number of aliphatic hydroxyl groups is 1. The highest BCUT2D eigenvalue weighted by atomic mass is 16.3. The first kappa shape index (κ1) is 16.5. The Morgan fingerprint density at radius 1 is 1.29 bits per heavy atom. The van der Waals surface area contributed by atoms with Gasteiger partial charge in [0.25, 0.3) is 5.91 Å². The highest BCUT2D eigenvalue weighted by molar-refractivity contribution is 5.94. The van der Waals surface area contributed by atoms with Crippen LogP contribution in [0.2, 0.25) is 0 Å². The molecular weight excluding hydrogens is 304 g/mol. The number of aromatic hydroxyl groups is 1. The van der Waals surface area contributed by atoms with E-state index in [2.05, 4.69) is 29.2 Å². The SMILES string of the molecule is Cc1ccc(C[C@@H]2CN(C(=O)c3cncc(O)c3)CC[C@@H]2O)cc1. The number of pyridine rings is 1. The zero-order chi connectivity index (χ0) is 17.1. The Morgan fingerprint density at radius 2 is 2.04 bits per heavy atom. The molecule has 126 valence electrons. The molecule has 1 aliphatic rings. The van der Waals surface area contributed by atoms with Gasteiger partial charge in [0.15, 0.2) is 0 Å². The molecule has 0 radical (unpaired) electrons. The van der Waals surface area contributed by atoms with Crippen LogP contribution in [0.4, 0.5) is 0 Å². The Balaban J connectivity index is 1.70. The molecule has 0 saturated carbocycles. The van der Waals surface area contributed by atoms with Gasteiger partial charge in [0.2, 0.25) is 0 Å². The molecule has 5 nitrogen and oxygen atoms in total. The standard InChI is InChI=1S/C19H22N2O3/c1-13-2-4-14(5-3-13)8-16-12-21(7-6-18(16)23)19(24)15-9-17(22)11-20-10-15/h2-5,9-11,16,18,22-23H,6-8,12H2,1H3/t16-,18+/m1/s1. The molecule has 1 aliphatic heterocycles. The van der Waals surface area contributed by atoms with E-state index in [1.54, 1.807) is 4.90 Å². The zero-order valence-electron chi connectivity index (χ0n) is 13.7. The molecule has 1 fully saturated rings. The topological polar surface area (TPSA) is 73.7 Å². The number of amides is 1. The van der Waals surface area contributed by atoms with Gasteiger partial charge in [-0.3, -0.25) is 9.78 Å². The molecule has 24 heavy (non-hydrogen) atoms. The van der Waals surface area contributed by atoms with E-state index < -0.39 is 6.10 Å². The van der Waals surface area contributed by atoms with Crippen LogP contribution < -0.4 is 0 Å². The lowest BCUT2D eigenvalue weighted by atomic mass is 9.88. The van der Waals surface area contributed by atoms with Gasteiger partial charge in [0.05, 0.1) is 17.9 Å². The third-order valence-corrected chi connectivity index (χ3v) is 4.57. The van der Waals surface area contributed by atoms with E-state index in [0.717, 1.165) is 12.0 Å². The summed E-state index contributed by atoms with van der Waals surface area (Å²) in [5.41, 5.74) is 2.74. The lowest BCUT2D eigenvalue weighted by molar-refractivity contribution is 0.0241. The lowest BCUT2D eigenvalue weighted by Gasteiger charge is -2.36. The van der Waals surface area contributed by atoms with Crippen LogP contribution in [-0.4, -0.2) is 45.2 Å². The van der Waals surface area contributed by atoms with Crippen molar-refractivity contribution in [2.45, 2.75) is 25.9 Å². The second kappa shape index (κ2) is 7.01. The number of nitrogens with zero attached hydrogens (tertiary/aromatic N) is 2. The smallest absolute Gasteiger partial charge is 0.255 e. The highest BCUT2D eigenvalue weighted by Gasteiger charge is 2.30. The van der Waals surface area contributed by atoms with Gasteiger partial charge in [-0.1, -0.05) is 29.8 Å². The molecule has 2 atom stereocenters. The maximum atomic E-state index is 12.6. The maximum absolute atomic E-state index is 12.6. The molecule has 2 heterocycles. The van der Waals surface area contributed by atoms with E-state index in [1.165, 1.54) is 24.0 Å². The van der Waals surface area contributed by atoms with Gasteiger partial charge in [0, 0.05) is 25.2 Å². The summed E-state index contributed by atoms with van der Waals surface area (Å²) >= 11 is 0.